The molecule has 1 aromatic heterocycles. The van der Waals surface area contributed by atoms with E-state index < -0.39 is 26.9 Å². The standard InChI is InChI=1S/C32H33ClN2O5S/c1-5-34(6-2)22-13-14-24-27(20-22)40-31(36)25(29(24)33)15-17-28-32(3,4)26-16-12-21-10-7-8-11-23(21)30(26)35(28)18-9-19-41(37,38)39/h7-8,10-17,20H,5-6,9,18-19H2,1-4H3. The summed E-state index contributed by atoms with van der Waals surface area (Å²) in [5.41, 5.74) is 3.50. The Balaban J connectivity index is 1.64. The van der Waals surface area contributed by atoms with Crippen LogP contribution in [0, 0.1) is 0 Å². The van der Waals surface area contributed by atoms with Gasteiger partial charge in [-0.15, -0.1) is 0 Å². The lowest BCUT2D eigenvalue weighted by Gasteiger charge is -2.21. The third-order valence-electron chi connectivity index (χ3n) is 7.95. The maximum absolute atomic E-state index is 13.2. The Bertz CT molecular complexity index is 1890. The lowest BCUT2D eigenvalue weighted by molar-refractivity contribution is -0.435. The van der Waals surface area contributed by atoms with Crippen molar-refractivity contribution in [1.29, 1.82) is 0 Å². The summed E-state index contributed by atoms with van der Waals surface area (Å²) in [6.45, 7) is 10.3. The molecule has 0 saturated carbocycles. The second-order valence-corrected chi connectivity index (χ2v) is 12.7. The van der Waals surface area contributed by atoms with Crippen molar-refractivity contribution in [3.63, 3.8) is 0 Å². The molecule has 2 heterocycles. The van der Waals surface area contributed by atoms with Gasteiger partial charge in [-0.2, -0.15) is 4.58 Å². The molecule has 9 heteroatoms. The predicted molar refractivity (Wildman–Crippen MR) is 166 cm³/mol. The molecular formula is C32H33ClN2O5S. The van der Waals surface area contributed by atoms with Crippen LogP contribution >= 0.6 is 11.6 Å². The highest BCUT2D eigenvalue weighted by molar-refractivity contribution is 7.85. The minimum atomic E-state index is -4.36. The lowest BCUT2D eigenvalue weighted by atomic mass is 9.80. The number of hydrogen-bond acceptors (Lipinski definition) is 6. The van der Waals surface area contributed by atoms with E-state index in [2.05, 4.69) is 49.3 Å². The molecule has 0 unspecified atom stereocenters. The zero-order chi connectivity index (χ0) is 29.5. The Kier molecular flexibility index (Phi) is 7.85. The van der Waals surface area contributed by atoms with Crippen molar-refractivity contribution in [2.45, 2.75) is 39.5 Å². The molecule has 0 saturated heterocycles. The number of halogens is 1. The molecule has 0 aliphatic carbocycles. The Morgan fingerprint density at radius 2 is 1.76 bits per heavy atom. The molecular weight excluding hydrogens is 560 g/mol. The molecule has 0 bridgehead atoms. The molecule has 1 aliphatic heterocycles. The van der Waals surface area contributed by atoms with E-state index in [-0.39, 0.29) is 12.0 Å². The van der Waals surface area contributed by atoms with Crippen LogP contribution in [0.15, 0.2) is 69.9 Å². The van der Waals surface area contributed by atoms with E-state index in [1.807, 2.05) is 48.5 Å². The quantitative estimate of drug-likeness (QED) is 0.126. The Labute approximate surface area is 245 Å². The molecule has 0 atom stereocenters. The fourth-order valence-corrected chi connectivity index (χ4v) is 6.61. The third kappa shape index (κ3) is 5.44. The van der Waals surface area contributed by atoms with E-state index in [0.29, 0.717) is 22.5 Å². The summed E-state index contributed by atoms with van der Waals surface area (Å²) in [4.78, 5) is 15.3. The molecule has 0 amide bonds. The van der Waals surface area contributed by atoms with Crippen molar-refractivity contribution in [3.8, 4) is 0 Å². The number of fused-ring (bicyclic) bond motifs is 4. The molecule has 214 valence electrons. The van der Waals surface area contributed by atoms with Gasteiger partial charge in [0, 0.05) is 54.0 Å². The molecule has 0 fully saturated rings. The summed E-state index contributed by atoms with van der Waals surface area (Å²) in [5.74, 6) is -0.462. The van der Waals surface area contributed by atoms with Gasteiger partial charge in [-0.05, 0) is 57.4 Å². The van der Waals surface area contributed by atoms with Crippen LogP contribution in [0.4, 0.5) is 11.4 Å². The van der Waals surface area contributed by atoms with Crippen LogP contribution in [0.3, 0.4) is 0 Å². The Morgan fingerprint density at radius 3 is 2.46 bits per heavy atom. The van der Waals surface area contributed by atoms with Gasteiger partial charge < -0.3 is 13.9 Å². The molecule has 0 radical (unpaired) electrons. The van der Waals surface area contributed by atoms with Gasteiger partial charge in [-0.25, -0.2) is 13.2 Å². The van der Waals surface area contributed by atoms with Gasteiger partial charge in [-0.3, -0.25) is 0 Å². The lowest BCUT2D eigenvalue weighted by Crippen LogP contribution is -2.28. The number of benzene rings is 3. The van der Waals surface area contributed by atoms with Gasteiger partial charge in [0.25, 0.3) is 0 Å². The van der Waals surface area contributed by atoms with Gasteiger partial charge in [-0.1, -0.05) is 41.9 Å². The second-order valence-electron chi connectivity index (χ2n) is 10.8. The maximum atomic E-state index is 13.2. The molecule has 0 spiro atoms. The third-order valence-corrected chi connectivity index (χ3v) is 9.14. The van der Waals surface area contributed by atoms with Crippen molar-refractivity contribution >= 4 is 66.6 Å². The second kappa shape index (κ2) is 11.1. The zero-order valence-electron chi connectivity index (χ0n) is 23.6. The highest BCUT2D eigenvalue weighted by Crippen LogP contribution is 2.44. The Hall–Kier alpha value is -3.46. The van der Waals surface area contributed by atoms with E-state index in [0.717, 1.165) is 46.5 Å². The first-order valence-corrected chi connectivity index (χ1v) is 15.7. The van der Waals surface area contributed by atoms with Crippen LogP contribution < -0.4 is 10.5 Å². The van der Waals surface area contributed by atoms with E-state index in [1.165, 1.54) is 0 Å². The highest BCUT2D eigenvalue weighted by atomic mass is 35.5. The molecule has 5 rings (SSSR count). The average molecular weight is 593 g/mol. The fourth-order valence-electron chi connectivity index (χ4n) is 5.83. The smallest absolute Gasteiger partial charge is 0.345 e. The summed E-state index contributed by atoms with van der Waals surface area (Å²) in [7, 11) is -4.36. The molecule has 3 aromatic carbocycles. The number of anilines is 1. The summed E-state index contributed by atoms with van der Waals surface area (Å²) in [6.07, 6.45) is 3.69. The molecule has 1 aliphatic rings. The van der Waals surface area contributed by atoms with Crippen LogP contribution in [0.25, 0.3) is 27.8 Å². The minimum Gasteiger partial charge on any atom is -0.748 e. The van der Waals surface area contributed by atoms with Crippen molar-refractivity contribution in [1.82, 2.24) is 0 Å². The topological polar surface area (TPSA) is 93.7 Å². The van der Waals surface area contributed by atoms with Crippen molar-refractivity contribution in [3.05, 3.63) is 87.2 Å². The van der Waals surface area contributed by atoms with Crippen LogP contribution in [-0.2, 0) is 15.5 Å². The van der Waals surface area contributed by atoms with Crippen LogP contribution in [-0.4, -0.2) is 48.6 Å². The molecule has 4 aromatic rings. The zero-order valence-corrected chi connectivity index (χ0v) is 25.2. The molecule has 7 nitrogen and oxygen atoms in total. The number of allylic oxidation sites excluding steroid dienone is 1. The van der Waals surface area contributed by atoms with Crippen molar-refractivity contribution < 1.29 is 22.0 Å². The SMILES string of the molecule is CCN(CC)c1ccc2c(Cl)c(/C=C/C3=[N+](CCCS(=O)(=O)[O-])c4c(ccc5ccccc45)C3(C)C)c(=O)oc2c1. The summed E-state index contributed by atoms with van der Waals surface area (Å²) >= 11 is 6.79. The molecule has 41 heavy (non-hydrogen) atoms. The van der Waals surface area contributed by atoms with Gasteiger partial charge in [0.05, 0.1) is 31.5 Å². The van der Waals surface area contributed by atoms with Crippen molar-refractivity contribution in [2.75, 3.05) is 30.3 Å². The minimum absolute atomic E-state index is 0.162. The monoisotopic (exact) mass is 592 g/mol. The Morgan fingerprint density at radius 1 is 1.02 bits per heavy atom. The normalized spacial score (nSPS) is 14.9. The first-order valence-electron chi connectivity index (χ1n) is 13.8. The van der Waals surface area contributed by atoms with E-state index in [4.69, 9.17) is 16.0 Å². The van der Waals surface area contributed by atoms with Crippen LogP contribution in [0.2, 0.25) is 5.02 Å². The fraction of sp³-hybridized carbons (Fsp3) is 0.312. The van der Waals surface area contributed by atoms with Crippen LogP contribution in [0.5, 0.6) is 0 Å². The predicted octanol–water partition coefficient (Wildman–Crippen LogP) is 6.47. The highest BCUT2D eigenvalue weighted by Gasteiger charge is 2.45. The van der Waals surface area contributed by atoms with Gasteiger partial charge in [0.2, 0.25) is 5.69 Å². The average Bonchev–Trinajstić information content (AvgIpc) is 3.14. The van der Waals surface area contributed by atoms with Gasteiger partial charge >= 0.3 is 5.63 Å². The molecule has 0 N–H and O–H groups in total. The summed E-state index contributed by atoms with van der Waals surface area (Å²) in [5, 5.41) is 3.03. The first-order chi connectivity index (χ1) is 19.5. The van der Waals surface area contributed by atoms with Crippen LogP contribution in [0.1, 0.15) is 45.2 Å². The summed E-state index contributed by atoms with van der Waals surface area (Å²) < 4.78 is 42.0. The number of nitrogens with zero attached hydrogens (tertiary/aromatic N) is 2. The van der Waals surface area contributed by atoms with E-state index in [9.17, 15) is 17.8 Å². The number of rotatable bonds is 9. The number of hydrogen-bond donors (Lipinski definition) is 0. The van der Waals surface area contributed by atoms with E-state index >= 15 is 0 Å². The van der Waals surface area contributed by atoms with E-state index in [1.54, 1.807) is 6.08 Å². The first kappa shape index (κ1) is 29.0. The van der Waals surface area contributed by atoms with Crippen molar-refractivity contribution in [2.24, 2.45) is 0 Å². The largest absolute Gasteiger partial charge is 0.748 e. The van der Waals surface area contributed by atoms with Gasteiger partial charge in [0.15, 0.2) is 5.71 Å². The maximum Gasteiger partial charge on any atom is 0.345 e. The summed E-state index contributed by atoms with van der Waals surface area (Å²) in [6, 6.07) is 17.8. The van der Waals surface area contributed by atoms with Gasteiger partial charge in [0.1, 0.15) is 12.1 Å².